The van der Waals surface area contributed by atoms with Gasteiger partial charge in [-0.3, -0.25) is 4.79 Å². The normalized spacial score (nSPS) is 19.2. The molecule has 1 aromatic carbocycles. The summed E-state index contributed by atoms with van der Waals surface area (Å²) < 4.78 is 4.66. The second kappa shape index (κ2) is 4.96. The molecule has 1 aromatic rings. The summed E-state index contributed by atoms with van der Waals surface area (Å²) in [7, 11) is 1.26. The lowest BCUT2D eigenvalue weighted by molar-refractivity contribution is -0.117. The van der Waals surface area contributed by atoms with Crippen molar-refractivity contribution in [2.45, 2.75) is 12.5 Å². The van der Waals surface area contributed by atoms with E-state index in [-0.39, 0.29) is 29.5 Å². The van der Waals surface area contributed by atoms with Gasteiger partial charge in [-0.1, -0.05) is 17.7 Å². The van der Waals surface area contributed by atoms with Crippen LogP contribution in [0.25, 0.3) is 0 Å². The molecule has 1 saturated heterocycles. The number of benzene rings is 1. The van der Waals surface area contributed by atoms with E-state index in [0.717, 1.165) is 0 Å². The van der Waals surface area contributed by atoms with Gasteiger partial charge in [0, 0.05) is 0 Å². The number of hydrogen-bond donors (Lipinski definition) is 1. The highest BCUT2D eigenvalue weighted by Crippen LogP contribution is 2.33. The Balaban J connectivity index is 2.49. The van der Waals surface area contributed by atoms with Crippen molar-refractivity contribution >= 4 is 29.2 Å². The largest absolute Gasteiger partial charge is 0.465 e. The Morgan fingerprint density at radius 2 is 2.28 bits per heavy atom. The van der Waals surface area contributed by atoms with Crippen LogP contribution in [-0.2, 0) is 9.53 Å². The fourth-order valence-corrected chi connectivity index (χ4v) is 2.25. The van der Waals surface area contributed by atoms with Gasteiger partial charge in [0.25, 0.3) is 0 Å². The number of esters is 1. The summed E-state index contributed by atoms with van der Waals surface area (Å²) in [4.78, 5) is 24.7. The molecule has 1 N–H and O–H groups in total. The molecular weight excluding hydrogens is 258 g/mol. The van der Waals surface area contributed by atoms with E-state index in [0.29, 0.717) is 5.69 Å². The average Bonchev–Trinajstić information content (AvgIpc) is 2.67. The minimum Gasteiger partial charge on any atom is -0.465 e. The van der Waals surface area contributed by atoms with Crippen LogP contribution in [0.4, 0.5) is 5.69 Å². The van der Waals surface area contributed by atoms with Crippen LogP contribution in [0.15, 0.2) is 18.2 Å². The lowest BCUT2D eigenvalue weighted by Gasteiger charge is -2.20. The highest BCUT2D eigenvalue weighted by Gasteiger charge is 2.33. The maximum atomic E-state index is 11.8. The molecule has 0 radical (unpaired) electrons. The van der Waals surface area contributed by atoms with E-state index in [2.05, 4.69) is 4.74 Å². The van der Waals surface area contributed by atoms with Gasteiger partial charge < -0.3 is 14.7 Å². The third kappa shape index (κ3) is 2.19. The van der Waals surface area contributed by atoms with Crippen molar-refractivity contribution in [2.75, 3.05) is 18.6 Å². The second-order valence-electron chi connectivity index (χ2n) is 3.99. The topological polar surface area (TPSA) is 66.8 Å². The number of hydrogen-bond acceptors (Lipinski definition) is 4. The highest BCUT2D eigenvalue weighted by atomic mass is 35.5. The third-order valence-corrected chi connectivity index (χ3v) is 3.07. The molecule has 0 aromatic heterocycles. The lowest BCUT2D eigenvalue weighted by Crippen LogP contribution is -2.27. The van der Waals surface area contributed by atoms with Gasteiger partial charge in [-0.05, 0) is 12.1 Å². The molecule has 1 atom stereocenters. The average molecular weight is 270 g/mol. The fourth-order valence-electron chi connectivity index (χ4n) is 1.97. The number of carbonyl (C=O) groups is 2. The number of ether oxygens (including phenoxy) is 1. The van der Waals surface area contributed by atoms with Crippen LogP contribution in [0, 0.1) is 0 Å². The minimum absolute atomic E-state index is 0.0336. The van der Waals surface area contributed by atoms with Gasteiger partial charge >= 0.3 is 5.97 Å². The van der Waals surface area contributed by atoms with Crippen LogP contribution in [-0.4, -0.2) is 36.7 Å². The molecule has 0 saturated carbocycles. The number of aliphatic hydroxyl groups is 1. The van der Waals surface area contributed by atoms with Crippen molar-refractivity contribution in [1.82, 2.24) is 0 Å². The number of rotatable bonds is 2. The number of halogens is 1. The Morgan fingerprint density at radius 3 is 2.83 bits per heavy atom. The number of carbonyl (C=O) groups excluding carboxylic acids is 2. The predicted molar refractivity (Wildman–Crippen MR) is 65.8 cm³/mol. The van der Waals surface area contributed by atoms with Crippen LogP contribution in [0.1, 0.15) is 16.8 Å². The van der Waals surface area contributed by atoms with Gasteiger partial charge in [0.15, 0.2) is 0 Å². The number of β-amino-alcohol motifs (C(OH)–C–C–N with tert-alkyl or cyclic N) is 1. The molecule has 96 valence electrons. The summed E-state index contributed by atoms with van der Waals surface area (Å²) in [6.07, 6.45) is -0.703. The van der Waals surface area contributed by atoms with Crippen molar-refractivity contribution in [3.05, 3.63) is 28.8 Å². The number of amides is 1. The van der Waals surface area contributed by atoms with E-state index in [1.54, 1.807) is 12.1 Å². The highest BCUT2D eigenvalue weighted by molar-refractivity contribution is 6.34. The molecule has 0 bridgehead atoms. The van der Waals surface area contributed by atoms with Crippen LogP contribution in [0.3, 0.4) is 0 Å². The summed E-state index contributed by atoms with van der Waals surface area (Å²) in [5.41, 5.74) is 0.514. The van der Waals surface area contributed by atoms with Crippen molar-refractivity contribution in [1.29, 1.82) is 0 Å². The zero-order chi connectivity index (χ0) is 13.3. The van der Waals surface area contributed by atoms with Crippen LogP contribution in [0.5, 0.6) is 0 Å². The van der Waals surface area contributed by atoms with Gasteiger partial charge in [0.1, 0.15) is 0 Å². The first-order valence-electron chi connectivity index (χ1n) is 5.40. The maximum Gasteiger partial charge on any atom is 0.340 e. The second-order valence-corrected chi connectivity index (χ2v) is 4.40. The molecule has 0 spiro atoms. The van der Waals surface area contributed by atoms with Gasteiger partial charge in [0.05, 0.1) is 42.5 Å². The molecule has 5 nitrogen and oxygen atoms in total. The number of anilines is 1. The fraction of sp³-hybridized carbons (Fsp3) is 0.333. The van der Waals surface area contributed by atoms with E-state index >= 15 is 0 Å². The minimum atomic E-state index is -0.737. The number of nitrogens with zero attached hydrogens (tertiary/aromatic N) is 1. The van der Waals surface area contributed by atoms with Crippen molar-refractivity contribution < 1.29 is 19.4 Å². The number of para-hydroxylation sites is 1. The SMILES string of the molecule is COC(=O)c1cccc(Cl)c1N1CC(O)CC1=O. The first-order chi connectivity index (χ1) is 8.54. The standard InChI is InChI=1S/C12H12ClNO4/c1-18-12(17)8-3-2-4-9(13)11(8)14-6-7(15)5-10(14)16/h2-4,7,15H,5-6H2,1H3. The van der Waals surface area contributed by atoms with Crippen molar-refractivity contribution in [3.8, 4) is 0 Å². The first kappa shape index (κ1) is 12.9. The summed E-state index contributed by atoms with van der Waals surface area (Å²) in [6, 6.07) is 4.72. The van der Waals surface area contributed by atoms with Crippen molar-refractivity contribution in [2.24, 2.45) is 0 Å². The molecule has 1 heterocycles. The Morgan fingerprint density at radius 1 is 1.56 bits per heavy atom. The maximum absolute atomic E-state index is 11.8. The number of aliphatic hydroxyl groups excluding tert-OH is 1. The number of methoxy groups -OCH3 is 1. The van der Waals surface area contributed by atoms with Gasteiger partial charge in [-0.25, -0.2) is 4.79 Å². The molecule has 2 rings (SSSR count). The van der Waals surface area contributed by atoms with E-state index in [9.17, 15) is 14.7 Å². The monoisotopic (exact) mass is 269 g/mol. The summed E-state index contributed by atoms with van der Waals surface area (Å²) >= 11 is 6.04. The molecule has 18 heavy (non-hydrogen) atoms. The van der Waals surface area contributed by atoms with E-state index in [1.165, 1.54) is 18.1 Å². The van der Waals surface area contributed by atoms with Gasteiger partial charge in [-0.15, -0.1) is 0 Å². The molecule has 1 fully saturated rings. The van der Waals surface area contributed by atoms with Crippen LogP contribution < -0.4 is 4.90 Å². The zero-order valence-corrected chi connectivity index (χ0v) is 10.5. The predicted octanol–water partition coefficient (Wildman–Crippen LogP) is 1.22. The van der Waals surface area contributed by atoms with Gasteiger partial charge in [0.2, 0.25) is 5.91 Å². The Kier molecular flexibility index (Phi) is 3.54. The van der Waals surface area contributed by atoms with Gasteiger partial charge in [-0.2, -0.15) is 0 Å². The first-order valence-corrected chi connectivity index (χ1v) is 5.77. The van der Waals surface area contributed by atoms with Crippen molar-refractivity contribution in [3.63, 3.8) is 0 Å². The Labute approximate surface area is 109 Å². The molecule has 6 heteroatoms. The summed E-state index contributed by atoms with van der Waals surface area (Å²) in [6.45, 7) is 0.132. The quantitative estimate of drug-likeness (QED) is 0.820. The molecule has 1 unspecified atom stereocenters. The molecular formula is C12H12ClNO4. The Hall–Kier alpha value is -1.59. The molecule has 0 aliphatic carbocycles. The van der Waals surface area contributed by atoms with E-state index in [1.807, 2.05) is 0 Å². The van der Waals surface area contributed by atoms with Crippen LogP contribution in [0.2, 0.25) is 5.02 Å². The third-order valence-electron chi connectivity index (χ3n) is 2.77. The molecule has 1 amide bonds. The molecule has 1 aliphatic rings. The summed E-state index contributed by atoms with van der Waals surface area (Å²) in [5, 5.41) is 9.77. The molecule has 1 aliphatic heterocycles. The summed E-state index contributed by atoms with van der Waals surface area (Å²) in [5.74, 6) is -0.831. The van der Waals surface area contributed by atoms with E-state index in [4.69, 9.17) is 11.6 Å². The van der Waals surface area contributed by atoms with E-state index < -0.39 is 12.1 Å². The lowest BCUT2D eigenvalue weighted by atomic mass is 10.1. The smallest absolute Gasteiger partial charge is 0.340 e. The Bertz CT molecular complexity index is 503. The zero-order valence-electron chi connectivity index (χ0n) is 9.72. The van der Waals surface area contributed by atoms with Crippen LogP contribution >= 0.6 is 11.6 Å².